The zero-order chi connectivity index (χ0) is 19.6. The molecule has 1 aromatic heterocycles. The molecule has 2 heterocycles. The largest absolute Gasteiger partial charge is 0.379 e. The molecule has 1 N–H and O–H groups in total. The van der Waals surface area contributed by atoms with Crippen molar-refractivity contribution in [1.82, 2.24) is 9.29 Å². The summed E-state index contributed by atoms with van der Waals surface area (Å²) in [5.74, 6) is -0.325. The minimum Gasteiger partial charge on any atom is -0.379 e. The summed E-state index contributed by atoms with van der Waals surface area (Å²) >= 11 is 0. The third kappa shape index (κ3) is 3.75. The number of benzene rings is 2. The Morgan fingerprint density at radius 1 is 1.04 bits per heavy atom. The van der Waals surface area contributed by atoms with Crippen LogP contribution in [0.5, 0.6) is 0 Å². The molecule has 1 aliphatic rings. The second kappa shape index (κ2) is 7.67. The number of aromatic nitrogens is 1. The molecular weight excluding hydrogens is 378 g/mol. The molecule has 0 spiro atoms. The maximum absolute atomic E-state index is 12.8. The molecule has 0 atom stereocenters. The van der Waals surface area contributed by atoms with Crippen molar-refractivity contribution in [2.45, 2.75) is 4.90 Å². The number of rotatable bonds is 4. The summed E-state index contributed by atoms with van der Waals surface area (Å²) in [5.41, 5.74) is 1.59. The van der Waals surface area contributed by atoms with Crippen LogP contribution in [-0.4, -0.2) is 49.9 Å². The van der Waals surface area contributed by atoms with E-state index in [9.17, 15) is 13.2 Å². The van der Waals surface area contributed by atoms with Gasteiger partial charge in [0.1, 0.15) is 0 Å². The summed E-state index contributed by atoms with van der Waals surface area (Å²) in [6.07, 6.45) is 1.67. The van der Waals surface area contributed by atoms with Gasteiger partial charge in [0.15, 0.2) is 0 Å². The van der Waals surface area contributed by atoms with Gasteiger partial charge in [-0.25, -0.2) is 8.42 Å². The summed E-state index contributed by atoms with van der Waals surface area (Å²) < 4.78 is 32.2. The maximum Gasteiger partial charge on any atom is 0.255 e. The van der Waals surface area contributed by atoms with Gasteiger partial charge < -0.3 is 10.1 Å². The van der Waals surface area contributed by atoms with E-state index in [0.29, 0.717) is 37.6 Å². The number of carbonyl (C=O) groups excluding carboxylic acids is 1. The molecule has 4 rings (SSSR count). The van der Waals surface area contributed by atoms with Crippen molar-refractivity contribution >= 4 is 32.5 Å². The monoisotopic (exact) mass is 397 g/mol. The van der Waals surface area contributed by atoms with Gasteiger partial charge >= 0.3 is 0 Å². The normalized spacial score (nSPS) is 15.4. The SMILES string of the molecule is O=C(Nc1cccc(S(=O)(=O)N2CCOCC2)c1)c1ccc2cccnc2c1. The highest BCUT2D eigenvalue weighted by Crippen LogP contribution is 2.21. The van der Waals surface area contributed by atoms with E-state index in [0.717, 1.165) is 10.9 Å². The summed E-state index contributed by atoms with van der Waals surface area (Å²) in [6, 6.07) is 15.3. The lowest BCUT2D eigenvalue weighted by Crippen LogP contribution is -2.40. The fourth-order valence-corrected chi connectivity index (χ4v) is 4.54. The molecule has 1 fully saturated rings. The molecule has 144 valence electrons. The molecule has 0 unspecified atom stereocenters. The van der Waals surface area contributed by atoms with Crippen LogP contribution in [0.2, 0.25) is 0 Å². The molecule has 0 radical (unpaired) electrons. The summed E-state index contributed by atoms with van der Waals surface area (Å²) in [7, 11) is -3.62. The highest BCUT2D eigenvalue weighted by molar-refractivity contribution is 7.89. The Balaban J connectivity index is 1.56. The molecule has 1 aliphatic heterocycles. The molecule has 7 nitrogen and oxygen atoms in total. The molecule has 1 amide bonds. The van der Waals surface area contributed by atoms with Gasteiger partial charge in [0.2, 0.25) is 10.0 Å². The Hall–Kier alpha value is -2.81. The molecule has 2 aromatic carbocycles. The van der Waals surface area contributed by atoms with Gasteiger partial charge in [-0.05, 0) is 36.4 Å². The van der Waals surface area contributed by atoms with Crippen LogP contribution in [0, 0.1) is 0 Å². The predicted octanol–water partition coefficient (Wildman–Crippen LogP) is 2.51. The van der Waals surface area contributed by atoms with E-state index in [4.69, 9.17) is 4.74 Å². The molecule has 0 bridgehead atoms. The number of amides is 1. The highest BCUT2D eigenvalue weighted by Gasteiger charge is 2.26. The van der Waals surface area contributed by atoms with Crippen LogP contribution in [0.4, 0.5) is 5.69 Å². The number of fused-ring (bicyclic) bond motifs is 1. The van der Waals surface area contributed by atoms with E-state index in [1.165, 1.54) is 16.4 Å². The number of morpholine rings is 1. The van der Waals surface area contributed by atoms with Crippen molar-refractivity contribution in [2.75, 3.05) is 31.6 Å². The zero-order valence-electron chi connectivity index (χ0n) is 15.0. The molecule has 1 saturated heterocycles. The van der Waals surface area contributed by atoms with Gasteiger partial charge in [-0.15, -0.1) is 0 Å². The van der Waals surface area contributed by atoms with Crippen LogP contribution in [0.25, 0.3) is 10.9 Å². The molecule has 0 saturated carbocycles. The smallest absolute Gasteiger partial charge is 0.255 e. The quantitative estimate of drug-likeness (QED) is 0.731. The number of hydrogen-bond acceptors (Lipinski definition) is 5. The zero-order valence-corrected chi connectivity index (χ0v) is 15.9. The van der Waals surface area contributed by atoms with Crippen LogP contribution in [0.1, 0.15) is 10.4 Å². The summed E-state index contributed by atoms with van der Waals surface area (Å²) in [5, 5.41) is 3.71. The number of sulfonamides is 1. The molecule has 28 heavy (non-hydrogen) atoms. The number of anilines is 1. The number of nitrogens with one attached hydrogen (secondary N) is 1. The number of hydrogen-bond donors (Lipinski definition) is 1. The van der Waals surface area contributed by atoms with Crippen molar-refractivity contribution in [2.24, 2.45) is 0 Å². The van der Waals surface area contributed by atoms with E-state index in [1.807, 2.05) is 18.2 Å². The second-order valence-corrected chi connectivity index (χ2v) is 8.35. The van der Waals surface area contributed by atoms with Gasteiger partial charge in [0.25, 0.3) is 5.91 Å². The van der Waals surface area contributed by atoms with Crippen LogP contribution >= 0.6 is 0 Å². The number of ether oxygens (including phenoxy) is 1. The lowest BCUT2D eigenvalue weighted by Gasteiger charge is -2.26. The Labute approximate surface area is 163 Å². The Morgan fingerprint density at radius 2 is 1.86 bits per heavy atom. The maximum atomic E-state index is 12.8. The van der Waals surface area contributed by atoms with Crippen molar-refractivity contribution in [3.63, 3.8) is 0 Å². The van der Waals surface area contributed by atoms with Crippen LogP contribution < -0.4 is 5.32 Å². The lowest BCUT2D eigenvalue weighted by molar-refractivity contribution is 0.0730. The van der Waals surface area contributed by atoms with Crippen molar-refractivity contribution in [1.29, 1.82) is 0 Å². The predicted molar refractivity (Wildman–Crippen MR) is 106 cm³/mol. The standard InChI is InChI=1S/C20H19N3O4S/c24-20(16-7-6-15-3-2-8-21-19(15)13-16)22-17-4-1-5-18(14-17)28(25,26)23-9-11-27-12-10-23/h1-8,13-14H,9-12H2,(H,22,24). The van der Waals surface area contributed by atoms with Gasteiger partial charge in [-0.1, -0.05) is 18.2 Å². The Bertz CT molecular complexity index is 1130. The van der Waals surface area contributed by atoms with Gasteiger partial charge in [-0.3, -0.25) is 9.78 Å². The van der Waals surface area contributed by atoms with Gasteiger partial charge in [0, 0.05) is 35.9 Å². The Morgan fingerprint density at radius 3 is 2.68 bits per heavy atom. The lowest BCUT2D eigenvalue weighted by atomic mass is 10.1. The van der Waals surface area contributed by atoms with E-state index in [1.54, 1.807) is 30.5 Å². The van der Waals surface area contributed by atoms with Crippen molar-refractivity contribution in [3.05, 3.63) is 66.4 Å². The van der Waals surface area contributed by atoms with Crippen molar-refractivity contribution in [3.8, 4) is 0 Å². The minimum atomic E-state index is -3.62. The van der Waals surface area contributed by atoms with E-state index < -0.39 is 10.0 Å². The minimum absolute atomic E-state index is 0.146. The average Bonchev–Trinajstić information content (AvgIpc) is 2.74. The third-order valence-electron chi connectivity index (χ3n) is 4.57. The molecule has 8 heteroatoms. The van der Waals surface area contributed by atoms with Gasteiger partial charge in [0.05, 0.1) is 23.6 Å². The first-order valence-electron chi connectivity index (χ1n) is 8.88. The third-order valence-corrected chi connectivity index (χ3v) is 6.46. The summed E-state index contributed by atoms with van der Waals surface area (Å²) in [6.45, 7) is 1.41. The van der Waals surface area contributed by atoms with Crippen LogP contribution in [0.3, 0.4) is 0 Å². The highest BCUT2D eigenvalue weighted by atomic mass is 32.2. The Kier molecular flexibility index (Phi) is 5.08. The van der Waals surface area contributed by atoms with Gasteiger partial charge in [-0.2, -0.15) is 4.31 Å². The number of carbonyl (C=O) groups is 1. The number of nitrogens with zero attached hydrogens (tertiary/aromatic N) is 2. The van der Waals surface area contributed by atoms with E-state index >= 15 is 0 Å². The van der Waals surface area contributed by atoms with Crippen LogP contribution in [-0.2, 0) is 14.8 Å². The first-order chi connectivity index (χ1) is 13.5. The molecule has 3 aromatic rings. The summed E-state index contributed by atoms with van der Waals surface area (Å²) in [4.78, 5) is 17.0. The average molecular weight is 397 g/mol. The van der Waals surface area contributed by atoms with E-state index in [-0.39, 0.29) is 10.8 Å². The van der Waals surface area contributed by atoms with Crippen LogP contribution in [0.15, 0.2) is 65.7 Å². The van der Waals surface area contributed by atoms with E-state index in [2.05, 4.69) is 10.3 Å². The van der Waals surface area contributed by atoms with Crippen molar-refractivity contribution < 1.29 is 17.9 Å². The molecular formula is C20H19N3O4S. The fraction of sp³-hybridized carbons (Fsp3) is 0.200. The first kappa shape index (κ1) is 18.5. The fourth-order valence-electron chi connectivity index (χ4n) is 3.08. The molecule has 0 aliphatic carbocycles. The second-order valence-electron chi connectivity index (χ2n) is 6.41. The topological polar surface area (TPSA) is 88.6 Å². The first-order valence-corrected chi connectivity index (χ1v) is 10.3. The number of pyridine rings is 1.